The van der Waals surface area contributed by atoms with Crippen LogP contribution in [0.15, 0.2) is 42.5 Å². The molecule has 2 aromatic rings. The smallest absolute Gasteiger partial charge is 0.311 e. The van der Waals surface area contributed by atoms with Gasteiger partial charge in [0.1, 0.15) is 5.75 Å². The van der Waals surface area contributed by atoms with Gasteiger partial charge in [-0.1, -0.05) is 36.4 Å². The number of benzene rings is 2. The first kappa shape index (κ1) is 19.2. The summed E-state index contributed by atoms with van der Waals surface area (Å²) < 4.78 is 11.1. The van der Waals surface area contributed by atoms with Crippen LogP contribution in [-0.2, 0) is 14.3 Å². The Bertz CT molecular complexity index is 793. The number of carbonyl (C=O) groups excluding carboxylic acids is 1. The van der Waals surface area contributed by atoms with Gasteiger partial charge in [0.25, 0.3) is 0 Å². The van der Waals surface area contributed by atoms with E-state index in [-0.39, 0.29) is 12.5 Å². The number of rotatable bonds is 8. The summed E-state index contributed by atoms with van der Waals surface area (Å²) in [6.45, 7) is 1.41. The molecule has 0 spiro atoms. The number of carbonyl (C=O) groups is 2. The molecule has 1 aliphatic heterocycles. The van der Waals surface area contributed by atoms with Crippen molar-refractivity contribution < 1.29 is 24.2 Å². The van der Waals surface area contributed by atoms with Gasteiger partial charge in [-0.15, -0.1) is 0 Å². The first-order valence-electron chi connectivity index (χ1n) is 9.29. The van der Waals surface area contributed by atoms with Gasteiger partial charge in [-0.3, -0.25) is 9.59 Å². The number of carboxylic acid groups (broad SMARTS) is 1. The molecule has 0 atom stereocenters. The molecular weight excluding hydrogens is 346 g/mol. The lowest BCUT2D eigenvalue weighted by Gasteiger charge is -2.33. The summed E-state index contributed by atoms with van der Waals surface area (Å²) in [6, 6.07) is 13.9. The zero-order valence-corrected chi connectivity index (χ0v) is 15.3. The van der Waals surface area contributed by atoms with Crippen LogP contribution in [0.2, 0.25) is 0 Å². The minimum absolute atomic E-state index is 0.148. The maximum atomic E-state index is 12.1. The topological polar surface area (TPSA) is 84.9 Å². The molecule has 1 amide bonds. The van der Waals surface area contributed by atoms with Crippen molar-refractivity contribution in [3.8, 4) is 5.75 Å². The Hall–Kier alpha value is -2.60. The van der Waals surface area contributed by atoms with Crippen molar-refractivity contribution in [2.75, 3.05) is 26.4 Å². The van der Waals surface area contributed by atoms with Crippen LogP contribution < -0.4 is 10.1 Å². The minimum Gasteiger partial charge on any atom is -0.493 e. The molecule has 1 saturated heterocycles. The fourth-order valence-corrected chi connectivity index (χ4v) is 3.32. The number of carboxylic acids is 1. The Balaban J connectivity index is 1.43. The molecule has 2 N–H and O–H groups in total. The molecule has 144 valence electrons. The van der Waals surface area contributed by atoms with Crippen LogP contribution >= 0.6 is 0 Å². The van der Waals surface area contributed by atoms with E-state index in [9.17, 15) is 14.7 Å². The van der Waals surface area contributed by atoms with Gasteiger partial charge in [0, 0.05) is 31.6 Å². The molecule has 6 heteroatoms. The molecule has 0 radical (unpaired) electrons. The molecule has 6 nitrogen and oxygen atoms in total. The lowest BCUT2D eigenvalue weighted by atomic mass is 9.80. The van der Waals surface area contributed by atoms with E-state index in [2.05, 4.69) is 5.32 Å². The van der Waals surface area contributed by atoms with E-state index >= 15 is 0 Å². The Morgan fingerprint density at radius 3 is 2.63 bits per heavy atom. The van der Waals surface area contributed by atoms with Gasteiger partial charge in [-0.05, 0) is 30.7 Å². The predicted octanol–water partition coefficient (Wildman–Crippen LogP) is 3.00. The van der Waals surface area contributed by atoms with Crippen LogP contribution in [0.4, 0.5) is 0 Å². The van der Waals surface area contributed by atoms with Gasteiger partial charge in [0.15, 0.2) is 0 Å². The highest BCUT2D eigenvalue weighted by Gasteiger charge is 2.40. The van der Waals surface area contributed by atoms with Crippen LogP contribution in [0.25, 0.3) is 10.8 Å². The molecule has 27 heavy (non-hydrogen) atoms. The second-order valence-corrected chi connectivity index (χ2v) is 6.90. The maximum Gasteiger partial charge on any atom is 0.311 e. The average molecular weight is 371 g/mol. The number of amides is 1. The molecule has 0 saturated carbocycles. The third-order valence-electron chi connectivity index (χ3n) is 5.08. The Morgan fingerprint density at radius 1 is 1.11 bits per heavy atom. The van der Waals surface area contributed by atoms with Gasteiger partial charge in [0.05, 0.1) is 12.0 Å². The second kappa shape index (κ2) is 8.86. The molecule has 1 heterocycles. The van der Waals surface area contributed by atoms with Crippen molar-refractivity contribution in [1.29, 1.82) is 0 Å². The van der Waals surface area contributed by atoms with Crippen LogP contribution in [0.1, 0.15) is 25.7 Å². The van der Waals surface area contributed by atoms with E-state index in [0.29, 0.717) is 45.5 Å². The standard InChI is InChI=1S/C21H25NO5/c23-19(22-15-21(20(24)25)10-13-26-14-11-21)9-4-12-27-18-8-3-6-16-5-1-2-7-17(16)18/h1-3,5-8H,4,9-15H2,(H,22,23)(H,24,25). The summed E-state index contributed by atoms with van der Waals surface area (Å²) >= 11 is 0. The number of hydrogen-bond donors (Lipinski definition) is 2. The van der Waals surface area contributed by atoms with Gasteiger partial charge in [0.2, 0.25) is 5.91 Å². The zero-order chi connectivity index (χ0) is 19.1. The maximum absolute atomic E-state index is 12.1. The van der Waals surface area contributed by atoms with E-state index in [1.54, 1.807) is 0 Å². The number of nitrogens with one attached hydrogen (secondary N) is 1. The predicted molar refractivity (Wildman–Crippen MR) is 102 cm³/mol. The third kappa shape index (κ3) is 4.77. The summed E-state index contributed by atoms with van der Waals surface area (Å²) in [5.41, 5.74) is -0.909. The van der Waals surface area contributed by atoms with Gasteiger partial charge in [-0.2, -0.15) is 0 Å². The van der Waals surface area contributed by atoms with Crippen molar-refractivity contribution in [3.05, 3.63) is 42.5 Å². The van der Waals surface area contributed by atoms with E-state index < -0.39 is 11.4 Å². The van der Waals surface area contributed by atoms with Crippen molar-refractivity contribution in [2.24, 2.45) is 5.41 Å². The summed E-state index contributed by atoms with van der Waals surface area (Å²) in [5.74, 6) is -0.213. The first-order valence-corrected chi connectivity index (χ1v) is 9.29. The lowest BCUT2D eigenvalue weighted by molar-refractivity contribution is -0.154. The number of aliphatic carboxylic acids is 1. The van der Waals surface area contributed by atoms with E-state index in [1.165, 1.54) is 0 Å². The highest BCUT2D eigenvalue weighted by molar-refractivity contribution is 5.88. The van der Waals surface area contributed by atoms with Crippen LogP contribution in [0.3, 0.4) is 0 Å². The van der Waals surface area contributed by atoms with Crippen molar-refractivity contribution >= 4 is 22.6 Å². The van der Waals surface area contributed by atoms with Gasteiger partial charge in [-0.25, -0.2) is 0 Å². The summed E-state index contributed by atoms with van der Waals surface area (Å²) in [6.07, 6.45) is 1.72. The largest absolute Gasteiger partial charge is 0.493 e. The molecule has 1 aliphatic rings. The molecule has 2 aromatic carbocycles. The summed E-state index contributed by atoms with van der Waals surface area (Å²) in [7, 11) is 0. The highest BCUT2D eigenvalue weighted by Crippen LogP contribution is 2.30. The number of hydrogen-bond acceptors (Lipinski definition) is 4. The van der Waals surface area contributed by atoms with Crippen molar-refractivity contribution in [2.45, 2.75) is 25.7 Å². The monoisotopic (exact) mass is 371 g/mol. The van der Waals surface area contributed by atoms with Crippen LogP contribution in [0, 0.1) is 5.41 Å². The normalized spacial score (nSPS) is 16.0. The van der Waals surface area contributed by atoms with Gasteiger partial charge < -0.3 is 19.9 Å². The Kier molecular flexibility index (Phi) is 6.29. The molecule has 0 unspecified atom stereocenters. The SMILES string of the molecule is O=C(CCCOc1cccc2ccccc12)NCC1(C(=O)O)CCOCC1. The molecule has 0 aromatic heterocycles. The first-order chi connectivity index (χ1) is 13.1. The molecular formula is C21H25NO5. The second-order valence-electron chi connectivity index (χ2n) is 6.90. The van der Waals surface area contributed by atoms with Crippen LogP contribution in [0.5, 0.6) is 5.75 Å². The highest BCUT2D eigenvalue weighted by atomic mass is 16.5. The molecule has 0 aliphatic carbocycles. The molecule has 0 bridgehead atoms. The Labute approximate surface area is 158 Å². The zero-order valence-electron chi connectivity index (χ0n) is 15.3. The van der Waals surface area contributed by atoms with E-state index in [0.717, 1.165) is 16.5 Å². The number of fused-ring (bicyclic) bond motifs is 1. The minimum atomic E-state index is -0.909. The third-order valence-corrected chi connectivity index (χ3v) is 5.08. The lowest BCUT2D eigenvalue weighted by Crippen LogP contribution is -2.46. The Morgan fingerprint density at radius 2 is 1.85 bits per heavy atom. The van der Waals surface area contributed by atoms with E-state index in [1.807, 2.05) is 42.5 Å². The average Bonchev–Trinajstić information content (AvgIpc) is 2.70. The fraction of sp³-hybridized carbons (Fsp3) is 0.429. The van der Waals surface area contributed by atoms with E-state index in [4.69, 9.17) is 9.47 Å². The van der Waals surface area contributed by atoms with Crippen molar-refractivity contribution in [3.63, 3.8) is 0 Å². The molecule has 3 rings (SSSR count). The van der Waals surface area contributed by atoms with Gasteiger partial charge >= 0.3 is 5.97 Å². The summed E-state index contributed by atoms with van der Waals surface area (Å²) in [4.78, 5) is 23.7. The van der Waals surface area contributed by atoms with Crippen molar-refractivity contribution in [1.82, 2.24) is 5.32 Å². The number of ether oxygens (including phenoxy) is 2. The molecule has 1 fully saturated rings. The van der Waals surface area contributed by atoms with Crippen LogP contribution in [-0.4, -0.2) is 43.3 Å². The summed E-state index contributed by atoms with van der Waals surface area (Å²) in [5, 5.41) is 14.4. The fourth-order valence-electron chi connectivity index (χ4n) is 3.32. The quantitative estimate of drug-likeness (QED) is 0.697.